The number of hydrogen-bond acceptors (Lipinski definition) is 5. The predicted molar refractivity (Wildman–Crippen MR) is 72.8 cm³/mol. The van der Waals surface area contributed by atoms with Crippen LogP contribution in [0.1, 0.15) is 12.8 Å². The lowest BCUT2D eigenvalue weighted by Crippen LogP contribution is -2.43. The van der Waals surface area contributed by atoms with E-state index in [1.807, 2.05) is 0 Å². The van der Waals surface area contributed by atoms with Crippen LogP contribution >= 0.6 is 0 Å². The largest absolute Gasteiger partial charge is 0.481 e. The zero-order valence-electron chi connectivity index (χ0n) is 11.3. The van der Waals surface area contributed by atoms with Gasteiger partial charge >= 0.3 is 12.0 Å². The first-order valence-electron chi connectivity index (χ1n) is 6.01. The number of aliphatic carboxylic acids is 1. The Balaban J connectivity index is 2.56. The predicted octanol–water partition coefficient (Wildman–Crippen LogP) is -0.0696. The highest BCUT2D eigenvalue weighted by Gasteiger charge is 2.20. The van der Waals surface area contributed by atoms with Crippen LogP contribution in [0.15, 0.2) is 18.3 Å². The zero-order valence-corrected chi connectivity index (χ0v) is 11.3. The summed E-state index contributed by atoms with van der Waals surface area (Å²) in [6, 6.07) is 1.16. The highest BCUT2D eigenvalue weighted by atomic mass is 16.5. The number of rotatable bonds is 7. The van der Waals surface area contributed by atoms with Crippen molar-refractivity contribution in [3.05, 3.63) is 18.3 Å². The number of amides is 3. The van der Waals surface area contributed by atoms with Crippen LogP contribution in [0.3, 0.4) is 0 Å². The molecule has 0 fully saturated rings. The Labute approximate surface area is 120 Å². The number of methoxy groups -OCH3 is 1. The van der Waals surface area contributed by atoms with Crippen molar-refractivity contribution in [2.75, 3.05) is 12.4 Å². The minimum Gasteiger partial charge on any atom is -0.481 e. The molecule has 3 amide bonds. The second-order valence-electron chi connectivity index (χ2n) is 4.08. The average molecular weight is 296 g/mol. The minimum absolute atomic E-state index is 0.0844. The monoisotopic (exact) mass is 296 g/mol. The van der Waals surface area contributed by atoms with E-state index in [2.05, 4.69) is 15.6 Å². The molecule has 1 aromatic rings. The van der Waals surface area contributed by atoms with Crippen molar-refractivity contribution in [2.24, 2.45) is 5.73 Å². The number of nitrogens with two attached hydrogens (primary N) is 1. The highest BCUT2D eigenvalue weighted by molar-refractivity contribution is 5.92. The first kappa shape index (κ1) is 16.2. The molecule has 0 spiro atoms. The van der Waals surface area contributed by atoms with Crippen molar-refractivity contribution in [1.29, 1.82) is 0 Å². The Hall–Kier alpha value is -2.84. The number of aromatic nitrogens is 1. The molecule has 9 nitrogen and oxygen atoms in total. The smallest absolute Gasteiger partial charge is 0.326 e. The lowest BCUT2D eigenvalue weighted by atomic mass is 10.1. The van der Waals surface area contributed by atoms with E-state index in [0.29, 0.717) is 11.6 Å². The Kier molecular flexibility index (Phi) is 5.93. The molecule has 114 valence electrons. The topological polar surface area (TPSA) is 144 Å². The Morgan fingerprint density at radius 1 is 1.43 bits per heavy atom. The summed E-state index contributed by atoms with van der Waals surface area (Å²) in [7, 11) is 1.46. The number of nitrogens with one attached hydrogen (secondary N) is 2. The number of pyridine rings is 1. The molecule has 5 N–H and O–H groups in total. The van der Waals surface area contributed by atoms with Crippen molar-refractivity contribution in [3.63, 3.8) is 0 Å². The van der Waals surface area contributed by atoms with Crippen LogP contribution in [0.5, 0.6) is 5.88 Å². The highest BCUT2D eigenvalue weighted by Crippen LogP contribution is 2.10. The van der Waals surface area contributed by atoms with Gasteiger partial charge in [-0.25, -0.2) is 14.6 Å². The molecule has 0 radical (unpaired) electrons. The second-order valence-corrected chi connectivity index (χ2v) is 4.08. The molecule has 0 saturated heterocycles. The quantitative estimate of drug-likeness (QED) is 0.554. The lowest BCUT2D eigenvalue weighted by molar-refractivity contribution is -0.139. The minimum atomic E-state index is -1.25. The van der Waals surface area contributed by atoms with Crippen molar-refractivity contribution in [3.8, 4) is 5.88 Å². The van der Waals surface area contributed by atoms with Crippen LogP contribution < -0.4 is 21.1 Å². The average Bonchev–Trinajstić information content (AvgIpc) is 2.43. The zero-order chi connectivity index (χ0) is 15.8. The van der Waals surface area contributed by atoms with Crippen molar-refractivity contribution < 1.29 is 24.2 Å². The van der Waals surface area contributed by atoms with Gasteiger partial charge in [0.25, 0.3) is 0 Å². The summed E-state index contributed by atoms with van der Waals surface area (Å²) in [5.74, 6) is -1.51. The van der Waals surface area contributed by atoms with Crippen LogP contribution in [0, 0.1) is 0 Å². The summed E-state index contributed by atoms with van der Waals surface area (Å²) in [6.45, 7) is 0. The lowest BCUT2D eigenvalue weighted by Gasteiger charge is -2.14. The number of anilines is 1. The van der Waals surface area contributed by atoms with Gasteiger partial charge in [-0.1, -0.05) is 0 Å². The fourth-order valence-corrected chi connectivity index (χ4v) is 1.44. The van der Waals surface area contributed by atoms with Gasteiger partial charge in [-0.15, -0.1) is 0 Å². The molecule has 9 heteroatoms. The molecule has 0 aliphatic rings. The van der Waals surface area contributed by atoms with Gasteiger partial charge < -0.3 is 26.2 Å². The third-order valence-corrected chi connectivity index (χ3v) is 2.49. The van der Waals surface area contributed by atoms with E-state index in [1.54, 1.807) is 6.07 Å². The first-order valence-corrected chi connectivity index (χ1v) is 6.01. The van der Waals surface area contributed by atoms with Gasteiger partial charge in [0.15, 0.2) is 0 Å². The molecule has 1 aromatic heterocycles. The maximum atomic E-state index is 11.7. The summed E-state index contributed by atoms with van der Waals surface area (Å²) in [6.07, 6.45) is 1.14. The van der Waals surface area contributed by atoms with Crippen LogP contribution in [-0.2, 0) is 9.59 Å². The summed E-state index contributed by atoms with van der Waals surface area (Å²) in [4.78, 5) is 37.2. The number of carboxylic acid groups (broad SMARTS) is 1. The third-order valence-electron chi connectivity index (χ3n) is 2.49. The molecular weight excluding hydrogens is 280 g/mol. The summed E-state index contributed by atoms with van der Waals surface area (Å²) >= 11 is 0. The fraction of sp³-hybridized carbons (Fsp3) is 0.333. The molecule has 0 aromatic carbocycles. The van der Waals surface area contributed by atoms with Crippen LogP contribution in [-0.4, -0.2) is 41.1 Å². The standard InChI is InChI=1S/C12H16N4O5/c1-21-10-5-2-7(6-14-10)15-12(20)16-8(11(18)19)3-4-9(13)17/h2,5-6,8H,3-4H2,1H3,(H2,13,17)(H,18,19)(H2,15,16,20)/t8-/m0/s1. The Morgan fingerprint density at radius 2 is 2.14 bits per heavy atom. The van der Waals surface area contributed by atoms with E-state index in [4.69, 9.17) is 15.6 Å². The van der Waals surface area contributed by atoms with Crippen molar-refractivity contribution >= 4 is 23.6 Å². The van der Waals surface area contributed by atoms with Crippen molar-refractivity contribution in [2.45, 2.75) is 18.9 Å². The van der Waals surface area contributed by atoms with Gasteiger partial charge in [-0.05, 0) is 12.5 Å². The fourth-order valence-electron chi connectivity index (χ4n) is 1.44. The van der Waals surface area contributed by atoms with Crippen LogP contribution in [0.4, 0.5) is 10.5 Å². The molecule has 0 aliphatic heterocycles. The number of carbonyl (C=O) groups excluding carboxylic acids is 2. The van der Waals surface area contributed by atoms with Crippen LogP contribution in [0.2, 0.25) is 0 Å². The number of carbonyl (C=O) groups is 3. The summed E-state index contributed by atoms with van der Waals surface area (Å²) in [5.41, 5.74) is 5.31. The Morgan fingerprint density at radius 3 is 2.62 bits per heavy atom. The van der Waals surface area contributed by atoms with E-state index in [9.17, 15) is 14.4 Å². The molecule has 1 heterocycles. The number of urea groups is 1. The van der Waals surface area contributed by atoms with Crippen LogP contribution in [0.25, 0.3) is 0 Å². The Bertz CT molecular complexity index is 517. The van der Waals surface area contributed by atoms with Gasteiger partial charge in [0.2, 0.25) is 11.8 Å². The van der Waals surface area contributed by atoms with Gasteiger partial charge in [0.05, 0.1) is 19.0 Å². The molecule has 0 bridgehead atoms. The summed E-state index contributed by atoms with van der Waals surface area (Å²) < 4.78 is 4.86. The van der Waals surface area contributed by atoms with Gasteiger partial charge in [-0.2, -0.15) is 0 Å². The molecule has 1 rings (SSSR count). The maximum absolute atomic E-state index is 11.7. The van der Waals surface area contributed by atoms with Crippen molar-refractivity contribution in [1.82, 2.24) is 10.3 Å². The number of nitrogens with zero attached hydrogens (tertiary/aromatic N) is 1. The number of carboxylic acids is 1. The maximum Gasteiger partial charge on any atom is 0.326 e. The number of hydrogen-bond donors (Lipinski definition) is 4. The van der Waals surface area contributed by atoms with Gasteiger partial charge in [-0.3, -0.25) is 4.79 Å². The van der Waals surface area contributed by atoms with E-state index in [-0.39, 0.29) is 12.8 Å². The van der Waals surface area contributed by atoms with E-state index < -0.39 is 23.9 Å². The van der Waals surface area contributed by atoms with E-state index >= 15 is 0 Å². The van der Waals surface area contributed by atoms with Gasteiger partial charge in [0, 0.05) is 12.5 Å². The molecule has 1 atom stereocenters. The molecular formula is C12H16N4O5. The third kappa shape index (κ3) is 5.76. The molecule has 0 unspecified atom stereocenters. The molecule has 0 saturated carbocycles. The number of ether oxygens (including phenoxy) is 1. The SMILES string of the molecule is COc1ccc(NC(=O)N[C@@H](CCC(N)=O)C(=O)O)cn1. The number of primary amides is 1. The second kappa shape index (κ2) is 7.68. The van der Waals surface area contributed by atoms with E-state index in [1.165, 1.54) is 19.4 Å². The summed E-state index contributed by atoms with van der Waals surface area (Å²) in [5, 5.41) is 13.6. The van der Waals surface area contributed by atoms with Gasteiger partial charge in [0.1, 0.15) is 6.04 Å². The molecule has 21 heavy (non-hydrogen) atoms. The first-order chi connectivity index (χ1) is 9.92. The van der Waals surface area contributed by atoms with E-state index in [0.717, 1.165) is 0 Å². The molecule has 0 aliphatic carbocycles. The normalized spacial score (nSPS) is 11.3.